The van der Waals surface area contributed by atoms with E-state index in [0.717, 1.165) is 85.4 Å². The van der Waals surface area contributed by atoms with Gasteiger partial charge in [0.15, 0.2) is 5.65 Å². The van der Waals surface area contributed by atoms with Crippen molar-refractivity contribution >= 4 is 28.7 Å². The Morgan fingerprint density at radius 1 is 1.03 bits per heavy atom. The van der Waals surface area contributed by atoms with Crippen LogP contribution < -0.4 is 15.1 Å². The molecule has 0 saturated carbocycles. The first-order chi connectivity index (χ1) is 17.4. The minimum atomic E-state index is 0.103. The molecule has 7 heteroatoms. The summed E-state index contributed by atoms with van der Waals surface area (Å²) in [5.74, 6) is 2.28. The van der Waals surface area contributed by atoms with E-state index in [1.165, 1.54) is 24.0 Å². The van der Waals surface area contributed by atoms with Crippen LogP contribution >= 0.6 is 0 Å². The maximum Gasteiger partial charge on any atom is 0.160 e. The molecule has 3 aromatic rings. The summed E-state index contributed by atoms with van der Waals surface area (Å²) in [5.41, 5.74) is 7.76. The average molecular weight is 488 g/mol. The summed E-state index contributed by atoms with van der Waals surface area (Å²) in [6, 6.07) is 8.91. The molecule has 0 radical (unpaired) electrons. The van der Waals surface area contributed by atoms with Crippen molar-refractivity contribution in [1.82, 2.24) is 19.5 Å². The van der Waals surface area contributed by atoms with Crippen molar-refractivity contribution in [2.75, 3.05) is 55.4 Å². The SMILES string of the molecule is C=C1c2cc(C)ccc2NCCCCN(C)c2c(C)c(N3CCCC3)nc3cc(nn23)[C@H](CC)N1C. The monoisotopic (exact) mass is 487 g/mol. The Balaban J connectivity index is 1.64. The lowest BCUT2D eigenvalue weighted by Crippen LogP contribution is -2.27. The molecule has 1 aromatic carbocycles. The Bertz CT molecular complexity index is 1250. The zero-order chi connectivity index (χ0) is 25.4. The predicted octanol–water partition coefficient (Wildman–Crippen LogP) is 5.64. The number of hydrogen-bond acceptors (Lipinski definition) is 6. The van der Waals surface area contributed by atoms with Gasteiger partial charge in [-0.15, -0.1) is 0 Å². The van der Waals surface area contributed by atoms with Gasteiger partial charge in [0.1, 0.15) is 11.6 Å². The molecule has 1 atom stereocenters. The molecule has 0 unspecified atom stereocenters. The zero-order valence-electron chi connectivity index (χ0n) is 22.6. The lowest BCUT2D eigenvalue weighted by molar-refractivity contribution is 0.339. The fourth-order valence-electron chi connectivity index (χ4n) is 5.84. The molecule has 0 spiro atoms. The number of hydrogen-bond donors (Lipinski definition) is 1. The van der Waals surface area contributed by atoms with Gasteiger partial charge >= 0.3 is 0 Å². The molecular weight excluding hydrogens is 446 g/mol. The molecule has 1 N–H and O–H groups in total. The molecule has 192 valence electrons. The van der Waals surface area contributed by atoms with Gasteiger partial charge in [0.2, 0.25) is 0 Å². The number of rotatable bonds is 2. The minimum Gasteiger partial charge on any atom is -0.384 e. The summed E-state index contributed by atoms with van der Waals surface area (Å²) < 4.78 is 2.08. The first-order valence-electron chi connectivity index (χ1n) is 13.5. The van der Waals surface area contributed by atoms with E-state index in [-0.39, 0.29) is 6.04 Å². The molecule has 36 heavy (non-hydrogen) atoms. The molecular formula is C29H41N7. The van der Waals surface area contributed by atoms with E-state index in [4.69, 9.17) is 10.1 Å². The van der Waals surface area contributed by atoms with Gasteiger partial charge in [-0.05, 0) is 58.1 Å². The lowest BCUT2D eigenvalue weighted by atomic mass is 10.0. The third kappa shape index (κ3) is 4.40. The highest BCUT2D eigenvalue weighted by Crippen LogP contribution is 2.36. The second kappa shape index (κ2) is 10.0. The molecule has 4 heterocycles. The van der Waals surface area contributed by atoms with Gasteiger partial charge in [0.05, 0.1) is 11.7 Å². The average Bonchev–Trinajstić information content (AvgIpc) is 3.53. The Labute approximate surface area is 215 Å². The number of nitrogens with zero attached hydrogens (tertiary/aromatic N) is 6. The van der Waals surface area contributed by atoms with E-state index in [0.29, 0.717) is 0 Å². The predicted molar refractivity (Wildman–Crippen MR) is 151 cm³/mol. The van der Waals surface area contributed by atoms with Crippen LogP contribution in [0.15, 0.2) is 30.8 Å². The van der Waals surface area contributed by atoms with Gasteiger partial charge in [-0.3, -0.25) is 0 Å². The van der Waals surface area contributed by atoms with Crippen molar-refractivity contribution in [3.8, 4) is 0 Å². The van der Waals surface area contributed by atoms with Gasteiger partial charge in [-0.1, -0.05) is 25.1 Å². The summed E-state index contributed by atoms with van der Waals surface area (Å²) in [4.78, 5) is 12.3. The van der Waals surface area contributed by atoms with Crippen molar-refractivity contribution in [1.29, 1.82) is 0 Å². The second-order valence-corrected chi connectivity index (χ2v) is 10.5. The summed E-state index contributed by atoms with van der Waals surface area (Å²) in [6.07, 6.45) is 5.59. The van der Waals surface area contributed by atoms with E-state index in [1.807, 2.05) is 0 Å². The quantitative estimate of drug-likeness (QED) is 0.505. The minimum absolute atomic E-state index is 0.103. The van der Waals surface area contributed by atoms with Gasteiger partial charge in [-0.25, -0.2) is 4.98 Å². The first-order valence-corrected chi connectivity index (χ1v) is 13.5. The number of anilines is 3. The molecule has 2 aliphatic heterocycles. The van der Waals surface area contributed by atoms with Crippen LogP contribution in [0.5, 0.6) is 0 Å². The molecule has 5 rings (SSSR count). The second-order valence-electron chi connectivity index (χ2n) is 10.5. The standard InChI is InChI=1S/C29H41N7/c1-7-26-25-19-27-31-28(35-16-10-11-17-35)21(3)29(36(27)32-25)33(5)15-9-8-14-30-24-13-12-20(2)18-23(24)22(4)34(26)6/h12-13,18-19,26,30H,4,7-11,14-17H2,1-3,5-6H3/t26-/m0/s1. The van der Waals surface area contributed by atoms with E-state index >= 15 is 0 Å². The van der Waals surface area contributed by atoms with Crippen LogP contribution in [-0.4, -0.2) is 59.8 Å². The highest BCUT2D eigenvalue weighted by molar-refractivity contribution is 5.75. The van der Waals surface area contributed by atoms with E-state index in [9.17, 15) is 0 Å². The van der Waals surface area contributed by atoms with Crippen LogP contribution in [0.2, 0.25) is 0 Å². The van der Waals surface area contributed by atoms with Crippen LogP contribution in [0, 0.1) is 13.8 Å². The Morgan fingerprint density at radius 2 is 1.78 bits per heavy atom. The maximum atomic E-state index is 5.19. The zero-order valence-corrected chi connectivity index (χ0v) is 22.6. The van der Waals surface area contributed by atoms with Crippen LogP contribution in [0.3, 0.4) is 0 Å². The number of benzene rings is 1. The van der Waals surface area contributed by atoms with E-state index in [2.05, 4.69) is 90.2 Å². The number of nitrogens with one attached hydrogen (secondary N) is 1. The van der Waals surface area contributed by atoms with Crippen molar-refractivity contribution in [2.24, 2.45) is 0 Å². The van der Waals surface area contributed by atoms with E-state index in [1.54, 1.807) is 0 Å². The fourth-order valence-corrected chi connectivity index (χ4v) is 5.84. The lowest BCUT2D eigenvalue weighted by Gasteiger charge is -2.31. The van der Waals surface area contributed by atoms with Crippen LogP contribution in [0.25, 0.3) is 11.3 Å². The highest BCUT2D eigenvalue weighted by Gasteiger charge is 2.26. The van der Waals surface area contributed by atoms with Gasteiger partial charge in [-0.2, -0.15) is 9.61 Å². The molecule has 1 saturated heterocycles. The molecule has 2 bridgehead atoms. The topological polar surface area (TPSA) is 51.9 Å². The van der Waals surface area contributed by atoms with Crippen molar-refractivity contribution in [3.63, 3.8) is 0 Å². The molecule has 0 amide bonds. The molecule has 2 aliphatic rings. The maximum absolute atomic E-state index is 5.19. The largest absolute Gasteiger partial charge is 0.384 e. The summed E-state index contributed by atoms with van der Waals surface area (Å²) in [6.45, 7) is 15.2. The van der Waals surface area contributed by atoms with E-state index < -0.39 is 0 Å². The number of aromatic nitrogens is 3. The smallest absolute Gasteiger partial charge is 0.160 e. The van der Waals surface area contributed by atoms with Crippen LogP contribution in [-0.2, 0) is 0 Å². The molecule has 2 aromatic heterocycles. The number of fused-ring (bicyclic) bond motifs is 2. The van der Waals surface area contributed by atoms with Gasteiger partial charge < -0.3 is 20.0 Å². The summed E-state index contributed by atoms with van der Waals surface area (Å²) in [5, 5.41) is 8.88. The fraction of sp³-hybridized carbons (Fsp3) is 0.517. The third-order valence-corrected chi connectivity index (χ3v) is 7.91. The Morgan fingerprint density at radius 3 is 2.53 bits per heavy atom. The van der Waals surface area contributed by atoms with Crippen molar-refractivity contribution in [2.45, 2.75) is 58.9 Å². The normalized spacial score (nSPS) is 19.4. The Kier molecular flexibility index (Phi) is 6.82. The van der Waals surface area contributed by atoms with Crippen LogP contribution in [0.1, 0.15) is 67.5 Å². The Hall–Kier alpha value is -3.22. The highest BCUT2D eigenvalue weighted by atomic mass is 15.4. The molecule has 1 fully saturated rings. The molecule has 0 aliphatic carbocycles. The third-order valence-electron chi connectivity index (χ3n) is 7.91. The summed E-state index contributed by atoms with van der Waals surface area (Å²) in [7, 11) is 4.35. The van der Waals surface area contributed by atoms with Crippen LogP contribution in [0.4, 0.5) is 17.3 Å². The summed E-state index contributed by atoms with van der Waals surface area (Å²) >= 11 is 0. The van der Waals surface area contributed by atoms with Gasteiger partial charge in [0, 0.05) is 68.9 Å². The first kappa shape index (κ1) is 24.5. The van der Waals surface area contributed by atoms with Gasteiger partial charge in [0.25, 0.3) is 0 Å². The van der Waals surface area contributed by atoms with Crippen molar-refractivity contribution < 1.29 is 0 Å². The molecule has 7 nitrogen and oxygen atoms in total. The van der Waals surface area contributed by atoms with Crippen molar-refractivity contribution in [3.05, 3.63) is 53.2 Å². The number of aryl methyl sites for hydroxylation is 1.